The predicted octanol–water partition coefficient (Wildman–Crippen LogP) is 4.74. The Hall–Kier alpha value is -2.55. The first-order valence-corrected chi connectivity index (χ1v) is 9.35. The molecule has 0 spiro atoms. The van der Waals surface area contributed by atoms with E-state index >= 15 is 0 Å². The molecule has 0 aliphatic heterocycles. The Bertz CT molecular complexity index is 949. The van der Waals surface area contributed by atoms with Crippen LogP contribution in [0.25, 0.3) is 0 Å². The van der Waals surface area contributed by atoms with E-state index in [-0.39, 0.29) is 5.91 Å². The van der Waals surface area contributed by atoms with Crippen molar-refractivity contribution in [1.29, 1.82) is 0 Å². The van der Waals surface area contributed by atoms with Gasteiger partial charge in [0.2, 0.25) is 0 Å². The summed E-state index contributed by atoms with van der Waals surface area (Å²) in [5, 5.41) is 6.79. The van der Waals surface area contributed by atoms with E-state index in [1.54, 1.807) is 25.3 Å². The molecule has 0 aliphatic carbocycles. The molecule has 1 amide bonds. The van der Waals surface area contributed by atoms with Gasteiger partial charge in [0.1, 0.15) is 12.4 Å². The molecule has 1 N–H and O–H groups in total. The van der Waals surface area contributed by atoms with E-state index in [9.17, 15) is 4.79 Å². The number of aromatic nitrogens is 1. The summed E-state index contributed by atoms with van der Waals surface area (Å²) in [6.07, 6.45) is 0. The highest BCUT2D eigenvalue weighted by Crippen LogP contribution is 2.30. The molecule has 0 unspecified atom stereocenters. The number of halogens is 1. The molecule has 6 nitrogen and oxygen atoms in total. The molecule has 0 atom stereocenters. The third-order valence-electron chi connectivity index (χ3n) is 4.06. The molecule has 7 heteroatoms. The summed E-state index contributed by atoms with van der Waals surface area (Å²) in [7, 11) is 1.54. The topological polar surface area (TPSA) is 73.6 Å². The van der Waals surface area contributed by atoms with Crippen LogP contribution in [0.5, 0.6) is 11.5 Å². The van der Waals surface area contributed by atoms with E-state index < -0.39 is 0 Å². The maximum absolute atomic E-state index is 12.5. The Morgan fingerprint density at radius 2 is 2.00 bits per heavy atom. The molecule has 0 saturated heterocycles. The number of nitrogens with zero attached hydrogens (tertiary/aromatic N) is 1. The fraction of sp³-hybridized carbons (Fsp3) is 0.200. The monoisotopic (exact) mass is 478 g/mol. The van der Waals surface area contributed by atoms with E-state index in [4.69, 9.17) is 14.0 Å². The van der Waals surface area contributed by atoms with Gasteiger partial charge in [0, 0.05) is 14.8 Å². The Morgan fingerprint density at radius 3 is 2.67 bits per heavy atom. The molecule has 0 saturated carbocycles. The summed E-state index contributed by atoms with van der Waals surface area (Å²) in [6, 6.07) is 12.7. The SMILES string of the molecule is COc1cc(C(=O)Nc2cccc(I)c2)ccc1OCc1c(C)noc1C. The summed E-state index contributed by atoms with van der Waals surface area (Å²) >= 11 is 2.20. The van der Waals surface area contributed by atoms with Crippen LogP contribution in [0.4, 0.5) is 5.69 Å². The molecular formula is C20H19IN2O4. The lowest BCUT2D eigenvalue weighted by Gasteiger charge is -2.12. The maximum atomic E-state index is 12.5. The molecule has 2 aromatic carbocycles. The minimum Gasteiger partial charge on any atom is -0.493 e. The van der Waals surface area contributed by atoms with Gasteiger partial charge in [-0.25, -0.2) is 0 Å². The minimum atomic E-state index is -0.215. The normalized spacial score (nSPS) is 10.5. The summed E-state index contributed by atoms with van der Waals surface area (Å²) in [5.41, 5.74) is 2.91. The number of amides is 1. The number of benzene rings is 2. The van der Waals surface area contributed by atoms with Gasteiger partial charge in [-0.3, -0.25) is 4.79 Å². The molecule has 0 fully saturated rings. The largest absolute Gasteiger partial charge is 0.493 e. The highest BCUT2D eigenvalue weighted by molar-refractivity contribution is 14.1. The Labute approximate surface area is 171 Å². The lowest BCUT2D eigenvalue weighted by molar-refractivity contribution is 0.102. The van der Waals surface area contributed by atoms with Crippen LogP contribution in [0.1, 0.15) is 27.4 Å². The first-order valence-electron chi connectivity index (χ1n) is 8.27. The first-order chi connectivity index (χ1) is 13.0. The number of carbonyl (C=O) groups is 1. The van der Waals surface area contributed by atoms with Crippen LogP contribution in [-0.4, -0.2) is 18.2 Å². The second kappa shape index (κ2) is 8.43. The van der Waals surface area contributed by atoms with E-state index in [1.165, 1.54) is 0 Å². The smallest absolute Gasteiger partial charge is 0.255 e. The zero-order valence-electron chi connectivity index (χ0n) is 15.2. The third kappa shape index (κ3) is 4.60. The van der Waals surface area contributed by atoms with Gasteiger partial charge in [-0.15, -0.1) is 0 Å². The highest BCUT2D eigenvalue weighted by Gasteiger charge is 2.14. The van der Waals surface area contributed by atoms with Crippen LogP contribution in [-0.2, 0) is 6.61 Å². The lowest BCUT2D eigenvalue weighted by atomic mass is 10.1. The van der Waals surface area contributed by atoms with E-state index in [0.29, 0.717) is 23.7 Å². The standard InChI is InChI=1S/C20H19IN2O4/c1-12-17(13(2)27-23-12)11-26-18-8-7-14(9-19(18)25-3)20(24)22-16-6-4-5-15(21)10-16/h4-10H,11H2,1-3H3,(H,22,24). The molecule has 27 heavy (non-hydrogen) atoms. The molecule has 140 valence electrons. The Morgan fingerprint density at radius 1 is 1.19 bits per heavy atom. The molecule has 3 aromatic rings. The van der Waals surface area contributed by atoms with Crippen molar-refractivity contribution in [3.05, 3.63) is 68.6 Å². The molecule has 0 radical (unpaired) electrons. The maximum Gasteiger partial charge on any atom is 0.255 e. The van der Waals surface area contributed by atoms with Crippen LogP contribution in [0.15, 0.2) is 47.0 Å². The minimum absolute atomic E-state index is 0.215. The molecule has 0 aliphatic rings. The van der Waals surface area contributed by atoms with Crippen molar-refractivity contribution < 1.29 is 18.8 Å². The van der Waals surface area contributed by atoms with Crippen molar-refractivity contribution in [3.8, 4) is 11.5 Å². The lowest BCUT2D eigenvalue weighted by Crippen LogP contribution is -2.12. The van der Waals surface area contributed by atoms with Gasteiger partial charge in [0.25, 0.3) is 5.91 Å². The molecular weight excluding hydrogens is 459 g/mol. The Balaban J connectivity index is 1.74. The number of rotatable bonds is 6. The van der Waals surface area contributed by atoms with E-state index in [2.05, 4.69) is 33.1 Å². The highest BCUT2D eigenvalue weighted by atomic mass is 127. The van der Waals surface area contributed by atoms with Crippen molar-refractivity contribution in [1.82, 2.24) is 5.16 Å². The molecule has 1 aromatic heterocycles. The van der Waals surface area contributed by atoms with E-state index in [1.807, 2.05) is 38.1 Å². The van der Waals surface area contributed by atoms with Crippen LogP contribution in [0.3, 0.4) is 0 Å². The van der Waals surface area contributed by atoms with Gasteiger partial charge in [0.15, 0.2) is 11.5 Å². The molecule has 0 bridgehead atoms. The van der Waals surface area contributed by atoms with Crippen LogP contribution in [0.2, 0.25) is 0 Å². The van der Waals surface area contributed by atoms with Crippen molar-refractivity contribution in [2.75, 3.05) is 12.4 Å². The quantitative estimate of drug-likeness (QED) is 0.519. The van der Waals surface area contributed by atoms with Gasteiger partial charge in [-0.05, 0) is 72.8 Å². The van der Waals surface area contributed by atoms with Crippen molar-refractivity contribution in [2.45, 2.75) is 20.5 Å². The van der Waals surface area contributed by atoms with Gasteiger partial charge in [-0.1, -0.05) is 11.2 Å². The second-order valence-electron chi connectivity index (χ2n) is 5.92. The summed E-state index contributed by atoms with van der Waals surface area (Å²) in [4.78, 5) is 12.5. The van der Waals surface area contributed by atoms with Crippen LogP contribution in [0, 0.1) is 17.4 Å². The first kappa shape index (κ1) is 19.2. The molecule has 1 heterocycles. The summed E-state index contributed by atoms with van der Waals surface area (Å²) in [6.45, 7) is 4.02. The number of nitrogens with one attached hydrogen (secondary N) is 1. The zero-order valence-corrected chi connectivity index (χ0v) is 17.4. The molecule has 3 rings (SSSR count). The number of hydrogen-bond acceptors (Lipinski definition) is 5. The van der Waals surface area contributed by atoms with Gasteiger partial charge < -0.3 is 19.3 Å². The van der Waals surface area contributed by atoms with Gasteiger partial charge in [-0.2, -0.15) is 0 Å². The number of methoxy groups -OCH3 is 1. The summed E-state index contributed by atoms with van der Waals surface area (Å²) < 4.78 is 17.4. The number of ether oxygens (including phenoxy) is 2. The van der Waals surface area contributed by atoms with Crippen molar-refractivity contribution in [2.24, 2.45) is 0 Å². The number of carbonyl (C=O) groups excluding carboxylic acids is 1. The Kier molecular flexibility index (Phi) is 6.00. The van der Waals surface area contributed by atoms with Gasteiger partial charge >= 0.3 is 0 Å². The second-order valence-corrected chi connectivity index (χ2v) is 7.17. The summed E-state index contributed by atoms with van der Waals surface area (Å²) in [5.74, 6) is 1.54. The zero-order chi connectivity index (χ0) is 19.4. The van der Waals surface area contributed by atoms with Crippen LogP contribution >= 0.6 is 22.6 Å². The average molecular weight is 478 g/mol. The van der Waals surface area contributed by atoms with Crippen LogP contribution < -0.4 is 14.8 Å². The average Bonchev–Trinajstić information content (AvgIpc) is 2.97. The van der Waals surface area contributed by atoms with Crippen molar-refractivity contribution >= 4 is 34.2 Å². The van der Waals surface area contributed by atoms with Crippen molar-refractivity contribution in [3.63, 3.8) is 0 Å². The predicted molar refractivity (Wildman–Crippen MR) is 110 cm³/mol. The third-order valence-corrected chi connectivity index (χ3v) is 4.73. The number of anilines is 1. The number of aryl methyl sites for hydroxylation is 2. The number of hydrogen-bond donors (Lipinski definition) is 1. The fourth-order valence-corrected chi connectivity index (χ4v) is 3.10. The fourth-order valence-electron chi connectivity index (χ4n) is 2.56. The van der Waals surface area contributed by atoms with E-state index in [0.717, 1.165) is 26.3 Å². The van der Waals surface area contributed by atoms with Gasteiger partial charge in [0.05, 0.1) is 18.4 Å².